The van der Waals surface area contributed by atoms with Crippen molar-refractivity contribution in [1.29, 1.82) is 0 Å². The third-order valence-electron chi connectivity index (χ3n) is 5.34. The van der Waals surface area contributed by atoms with E-state index in [4.69, 9.17) is 23.5 Å². The van der Waals surface area contributed by atoms with Gasteiger partial charge in [-0.2, -0.15) is 0 Å². The summed E-state index contributed by atoms with van der Waals surface area (Å²) in [5, 5.41) is 1.38. The molecular formula is C20H25BO6. The van der Waals surface area contributed by atoms with E-state index in [-0.39, 0.29) is 6.79 Å². The Morgan fingerprint density at radius 1 is 0.963 bits per heavy atom. The Bertz CT molecular complexity index is 845. The van der Waals surface area contributed by atoms with Gasteiger partial charge >= 0.3 is 7.12 Å². The molecule has 1 heterocycles. The number of hydrogen-bond acceptors (Lipinski definition) is 6. The van der Waals surface area contributed by atoms with E-state index in [1.807, 2.05) is 39.8 Å². The van der Waals surface area contributed by atoms with Crippen LogP contribution in [0.1, 0.15) is 38.1 Å². The topological polar surface area (TPSA) is 63.2 Å². The van der Waals surface area contributed by atoms with Crippen molar-refractivity contribution in [3.05, 3.63) is 29.8 Å². The largest absolute Gasteiger partial charge is 0.496 e. The summed E-state index contributed by atoms with van der Waals surface area (Å²) < 4.78 is 28.7. The van der Waals surface area contributed by atoms with E-state index in [1.54, 1.807) is 26.4 Å². The first-order valence-corrected chi connectivity index (χ1v) is 8.82. The van der Waals surface area contributed by atoms with Crippen LogP contribution in [-0.2, 0) is 14.0 Å². The second-order valence-corrected chi connectivity index (χ2v) is 7.52. The van der Waals surface area contributed by atoms with E-state index in [0.717, 1.165) is 11.7 Å². The third-order valence-corrected chi connectivity index (χ3v) is 5.34. The molecule has 0 spiro atoms. The van der Waals surface area contributed by atoms with Crippen molar-refractivity contribution in [1.82, 2.24) is 0 Å². The average Bonchev–Trinajstić information content (AvgIpc) is 2.85. The molecule has 6 nitrogen and oxygen atoms in total. The third kappa shape index (κ3) is 3.31. The molecule has 2 aromatic rings. The summed E-state index contributed by atoms with van der Waals surface area (Å²) in [6.07, 6.45) is 0.816. The number of carbonyl (C=O) groups is 1. The van der Waals surface area contributed by atoms with Crippen LogP contribution < -0.4 is 14.9 Å². The van der Waals surface area contributed by atoms with Gasteiger partial charge in [0.15, 0.2) is 13.1 Å². The summed E-state index contributed by atoms with van der Waals surface area (Å²) in [7, 11) is 2.52. The van der Waals surface area contributed by atoms with Crippen LogP contribution in [0.25, 0.3) is 10.8 Å². The van der Waals surface area contributed by atoms with Crippen molar-refractivity contribution in [2.75, 3.05) is 21.0 Å². The molecule has 27 heavy (non-hydrogen) atoms. The number of rotatable bonds is 6. The molecule has 0 aliphatic carbocycles. The first-order valence-electron chi connectivity index (χ1n) is 8.82. The van der Waals surface area contributed by atoms with Gasteiger partial charge in [0, 0.05) is 12.7 Å². The number of hydrogen-bond donors (Lipinski definition) is 0. The number of carbonyl (C=O) groups excluding carboxylic acids is 1. The van der Waals surface area contributed by atoms with Gasteiger partial charge in [-0.15, -0.1) is 0 Å². The highest BCUT2D eigenvalue weighted by molar-refractivity contribution is 6.65. The molecule has 0 saturated carbocycles. The van der Waals surface area contributed by atoms with E-state index in [1.165, 1.54) is 0 Å². The summed E-state index contributed by atoms with van der Waals surface area (Å²) in [6.45, 7) is 8.05. The van der Waals surface area contributed by atoms with Gasteiger partial charge in [0.2, 0.25) is 0 Å². The molecule has 1 saturated heterocycles. The molecule has 0 aromatic heterocycles. The Hall–Kier alpha value is -2.09. The van der Waals surface area contributed by atoms with Gasteiger partial charge in [-0.05, 0) is 56.7 Å². The number of benzene rings is 2. The van der Waals surface area contributed by atoms with Crippen molar-refractivity contribution in [2.24, 2.45) is 0 Å². The van der Waals surface area contributed by atoms with Gasteiger partial charge in [-0.25, -0.2) is 0 Å². The maximum Gasteiger partial charge on any atom is 0.495 e. The Kier molecular flexibility index (Phi) is 5.21. The zero-order chi connectivity index (χ0) is 19.8. The normalized spacial score (nSPS) is 17.9. The van der Waals surface area contributed by atoms with Crippen LogP contribution in [0, 0.1) is 0 Å². The standard InChI is InChI=1S/C20H25BO6/c1-19(2)20(3,4)27-21(26-19)14-8-10-15(24-6)18-16(25-12-23-5)9-7-13(11-22)17(14)18/h7-11H,12H2,1-6H3. The lowest BCUT2D eigenvalue weighted by Crippen LogP contribution is -2.41. The molecule has 3 rings (SSSR count). The minimum absolute atomic E-state index is 0.0827. The van der Waals surface area contributed by atoms with Crippen LogP contribution in [0.4, 0.5) is 0 Å². The molecule has 1 fully saturated rings. The van der Waals surface area contributed by atoms with Gasteiger partial charge in [-0.1, -0.05) is 6.07 Å². The maximum atomic E-state index is 11.8. The zero-order valence-electron chi connectivity index (χ0n) is 16.6. The molecule has 0 bridgehead atoms. The lowest BCUT2D eigenvalue weighted by atomic mass is 9.75. The lowest BCUT2D eigenvalue weighted by molar-refractivity contribution is 0.00578. The van der Waals surface area contributed by atoms with Crippen LogP contribution >= 0.6 is 0 Å². The Morgan fingerprint density at radius 2 is 1.59 bits per heavy atom. The highest BCUT2D eigenvalue weighted by Gasteiger charge is 2.52. The molecular weight excluding hydrogens is 347 g/mol. The fraction of sp³-hybridized carbons (Fsp3) is 0.450. The van der Waals surface area contributed by atoms with E-state index in [9.17, 15) is 4.79 Å². The molecule has 0 radical (unpaired) electrons. The van der Waals surface area contributed by atoms with Crippen molar-refractivity contribution in [2.45, 2.75) is 38.9 Å². The number of ether oxygens (including phenoxy) is 3. The zero-order valence-corrected chi connectivity index (χ0v) is 16.6. The maximum absolute atomic E-state index is 11.8. The van der Waals surface area contributed by atoms with Crippen LogP contribution in [0.2, 0.25) is 0 Å². The van der Waals surface area contributed by atoms with Crippen molar-refractivity contribution >= 4 is 29.6 Å². The molecule has 2 aromatic carbocycles. The highest BCUT2D eigenvalue weighted by Crippen LogP contribution is 2.39. The number of fused-ring (bicyclic) bond motifs is 1. The fourth-order valence-corrected chi connectivity index (χ4v) is 3.16. The Balaban J connectivity index is 2.24. The van der Waals surface area contributed by atoms with Crippen molar-refractivity contribution < 1.29 is 28.3 Å². The summed E-state index contributed by atoms with van der Waals surface area (Å²) in [4.78, 5) is 11.8. The van der Waals surface area contributed by atoms with Crippen LogP contribution in [0.15, 0.2) is 24.3 Å². The average molecular weight is 372 g/mol. The molecule has 144 valence electrons. The lowest BCUT2D eigenvalue weighted by Gasteiger charge is -2.32. The second kappa shape index (κ2) is 7.15. The van der Waals surface area contributed by atoms with E-state index >= 15 is 0 Å². The first-order chi connectivity index (χ1) is 12.8. The predicted molar refractivity (Wildman–Crippen MR) is 104 cm³/mol. The molecule has 0 N–H and O–H groups in total. The summed E-state index contributed by atoms with van der Waals surface area (Å²) in [6, 6.07) is 7.16. The van der Waals surface area contributed by atoms with E-state index in [2.05, 4.69) is 0 Å². The van der Waals surface area contributed by atoms with Gasteiger partial charge < -0.3 is 23.5 Å². The van der Waals surface area contributed by atoms with Crippen LogP contribution in [-0.4, -0.2) is 45.6 Å². The minimum atomic E-state index is -0.611. The molecule has 7 heteroatoms. The monoisotopic (exact) mass is 372 g/mol. The Labute approximate surface area is 159 Å². The molecule has 0 amide bonds. The summed E-state index contributed by atoms with van der Waals surface area (Å²) >= 11 is 0. The van der Waals surface area contributed by atoms with Crippen LogP contribution in [0.3, 0.4) is 0 Å². The van der Waals surface area contributed by atoms with Crippen molar-refractivity contribution in [3.63, 3.8) is 0 Å². The molecule has 0 unspecified atom stereocenters. The molecule has 0 atom stereocenters. The van der Waals surface area contributed by atoms with E-state index < -0.39 is 18.3 Å². The fourth-order valence-electron chi connectivity index (χ4n) is 3.16. The highest BCUT2D eigenvalue weighted by atomic mass is 16.7. The van der Waals surface area contributed by atoms with Gasteiger partial charge in [0.05, 0.1) is 23.7 Å². The molecule has 1 aliphatic rings. The van der Waals surface area contributed by atoms with Crippen LogP contribution in [0.5, 0.6) is 11.5 Å². The van der Waals surface area contributed by atoms with E-state index in [0.29, 0.717) is 27.8 Å². The summed E-state index contributed by atoms with van der Waals surface area (Å²) in [5.74, 6) is 1.16. The van der Waals surface area contributed by atoms with Crippen molar-refractivity contribution in [3.8, 4) is 11.5 Å². The van der Waals surface area contributed by atoms with Gasteiger partial charge in [0.1, 0.15) is 11.5 Å². The quantitative estimate of drug-likeness (QED) is 0.441. The minimum Gasteiger partial charge on any atom is -0.496 e. The first kappa shape index (κ1) is 19.7. The van der Waals surface area contributed by atoms with Gasteiger partial charge in [0.25, 0.3) is 0 Å². The summed E-state index contributed by atoms with van der Waals surface area (Å²) in [5.41, 5.74) is 0.290. The second-order valence-electron chi connectivity index (χ2n) is 7.52. The SMILES string of the molecule is COCOc1ccc(C=O)c2c(B3OC(C)(C)C(C)(C)O3)ccc(OC)c12. The number of methoxy groups -OCH3 is 2. The van der Waals surface area contributed by atoms with Gasteiger partial charge in [-0.3, -0.25) is 4.79 Å². The Morgan fingerprint density at radius 3 is 2.15 bits per heavy atom. The smallest absolute Gasteiger partial charge is 0.495 e. The predicted octanol–water partition coefficient (Wildman–Crippen LogP) is 2.94. The number of aldehydes is 1. The molecule has 1 aliphatic heterocycles.